The molecule has 0 amide bonds. The average molecular weight is 223 g/mol. The van der Waals surface area contributed by atoms with Gasteiger partial charge < -0.3 is 0 Å². The van der Waals surface area contributed by atoms with E-state index in [1.54, 1.807) is 7.05 Å². The van der Waals surface area contributed by atoms with Crippen LogP contribution in [0.15, 0.2) is 39.3 Å². The summed E-state index contributed by atoms with van der Waals surface area (Å²) in [6.45, 7) is 6.16. The summed E-state index contributed by atoms with van der Waals surface area (Å²) in [5.41, 5.74) is 2.50. The quantitative estimate of drug-likeness (QED) is 0.310. The number of unbranched alkanes of at least 4 members (excludes halogenated alkanes) is 1. The van der Waals surface area contributed by atoms with E-state index >= 15 is 0 Å². The summed E-state index contributed by atoms with van der Waals surface area (Å²) in [4.78, 5) is 5.01. The lowest BCUT2D eigenvalue weighted by molar-refractivity contribution is 1.03. The minimum absolute atomic E-state index is 1.05. The Morgan fingerprint density at radius 2 is 1.60 bits per heavy atom. The van der Waals surface area contributed by atoms with Gasteiger partial charge in [-0.15, -0.1) is 12.6 Å². The van der Waals surface area contributed by atoms with Crippen LogP contribution in [0.4, 0.5) is 0 Å². The lowest BCUT2D eigenvalue weighted by Crippen LogP contribution is -1.78. The van der Waals surface area contributed by atoms with Crippen molar-refractivity contribution in [1.29, 1.82) is 0 Å². The van der Waals surface area contributed by atoms with Gasteiger partial charge in [0, 0.05) is 13.3 Å². The van der Waals surface area contributed by atoms with Crippen LogP contribution in [0, 0.1) is 0 Å². The van der Waals surface area contributed by atoms with Gasteiger partial charge in [0.2, 0.25) is 0 Å². The molecule has 0 aromatic heterocycles. The Kier molecular flexibility index (Phi) is 8.11. The molecule has 0 heterocycles. The Labute approximate surface area is 99.1 Å². The van der Waals surface area contributed by atoms with Gasteiger partial charge in [0.25, 0.3) is 0 Å². The molecule has 0 spiro atoms. The Hall–Kier alpha value is -0.760. The first kappa shape index (κ1) is 14.2. The molecular formula is C13H21NS. The molecule has 1 nitrogen and oxygen atoms in total. The summed E-state index contributed by atoms with van der Waals surface area (Å²) >= 11 is 4.23. The SMILES string of the molecule is C/N=C\C(C)=C\CC/C=C(C)/C=C(\C)S. The van der Waals surface area contributed by atoms with Crippen LogP contribution >= 0.6 is 12.6 Å². The second-order valence-electron chi connectivity index (χ2n) is 3.65. The van der Waals surface area contributed by atoms with Crippen LogP contribution in [-0.2, 0) is 0 Å². The molecular weight excluding hydrogens is 202 g/mol. The van der Waals surface area contributed by atoms with E-state index in [0.29, 0.717) is 0 Å². The Morgan fingerprint density at radius 3 is 2.07 bits per heavy atom. The maximum absolute atomic E-state index is 4.23. The van der Waals surface area contributed by atoms with Crippen molar-refractivity contribution in [3.05, 3.63) is 34.3 Å². The van der Waals surface area contributed by atoms with Gasteiger partial charge in [-0.25, -0.2) is 0 Å². The number of nitrogens with zero attached hydrogens (tertiary/aromatic N) is 1. The molecule has 0 bridgehead atoms. The van der Waals surface area contributed by atoms with Gasteiger partial charge in [0.1, 0.15) is 0 Å². The minimum Gasteiger partial charge on any atom is -0.296 e. The summed E-state index contributed by atoms with van der Waals surface area (Å²) in [5.74, 6) is 0. The summed E-state index contributed by atoms with van der Waals surface area (Å²) in [6.07, 6.45) is 10.5. The summed E-state index contributed by atoms with van der Waals surface area (Å²) < 4.78 is 0. The van der Waals surface area contributed by atoms with Gasteiger partial charge in [-0.3, -0.25) is 4.99 Å². The highest BCUT2D eigenvalue weighted by Crippen LogP contribution is 2.07. The number of hydrogen-bond acceptors (Lipinski definition) is 2. The standard InChI is InChI=1S/C13H21NS/c1-11(9-13(3)15)7-5-6-8-12(2)10-14-4/h7-10,15H,5-6H2,1-4H3/b11-7+,12-8+,13-9+,14-10-. The molecule has 2 heteroatoms. The zero-order valence-corrected chi connectivity index (χ0v) is 11.0. The molecule has 0 N–H and O–H groups in total. The molecule has 0 saturated carbocycles. The van der Waals surface area contributed by atoms with E-state index in [2.05, 4.69) is 49.7 Å². The fourth-order valence-corrected chi connectivity index (χ4v) is 1.47. The number of thiol groups is 1. The second-order valence-corrected chi connectivity index (χ2v) is 4.35. The molecule has 15 heavy (non-hydrogen) atoms. The van der Waals surface area contributed by atoms with Crippen LogP contribution in [0.25, 0.3) is 0 Å². The van der Waals surface area contributed by atoms with Crippen molar-refractivity contribution in [3.63, 3.8) is 0 Å². The average Bonchev–Trinajstić information content (AvgIpc) is 2.12. The highest BCUT2D eigenvalue weighted by molar-refractivity contribution is 7.84. The van der Waals surface area contributed by atoms with Crippen LogP contribution in [-0.4, -0.2) is 13.3 Å². The number of allylic oxidation sites excluding steroid dienone is 6. The minimum atomic E-state index is 1.05. The maximum atomic E-state index is 4.23. The van der Waals surface area contributed by atoms with Crippen molar-refractivity contribution in [3.8, 4) is 0 Å². The van der Waals surface area contributed by atoms with Crippen molar-refractivity contribution in [1.82, 2.24) is 0 Å². The van der Waals surface area contributed by atoms with E-state index in [9.17, 15) is 0 Å². The van der Waals surface area contributed by atoms with E-state index in [-0.39, 0.29) is 0 Å². The third-order valence-corrected chi connectivity index (χ3v) is 2.00. The van der Waals surface area contributed by atoms with Crippen molar-refractivity contribution in [2.24, 2.45) is 4.99 Å². The molecule has 0 rings (SSSR count). The van der Waals surface area contributed by atoms with Gasteiger partial charge in [0.05, 0.1) is 0 Å². The zero-order chi connectivity index (χ0) is 11.7. The first-order valence-corrected chi connectivity index (χ1v) is 5.64. The largest absolute Gasteiger partial charge is 0.296 e. The fraction of sp³-hybridized carbons (Fsp3) is 0.462. The topological polar surface area (TPSA) is 12.4 Å². The summed E-state index contributed by atoms with van der Waals surface area (Å²) in [6, 6.07) is 0. The number of rotatable bonds is 5. The summed E-state index contributed by atoms with van der Waals surface area (Å²) in [7, 11) is 1.79. The Balaban J connectivity index is 3.99. The molecule has 84 valence electrons. The summed E-state index contributed by atoms with van der Waals surface area (Å²) in [5, 5.41) is 0. The predicted octanol–water partition coefficient (Wildman–Crippen LogP) is 4.19. The molecule has 0 radical (unpaired) electrons. The van der Waals surface area contributed by atoms with Crippen molar-refractivity contribution in [2.75, 3.05) is 7.05 Å². The lowest BCUT2D eigenvalue weighted by Gasteiger charge is -1.94. The molecule has 0 aliphatic carbocycles. The molecule has 0 aliphatic rings. The molecule has 0 fully saturated rings. The lowest BCUT2D eigenvalue weighted by atomic mass is 10.1. The molecule has 0 atom stereocenters. The predicted molar refractivity (Wildman–Crippen MR) is 73.9 cm³/mol. The first-order valence-electron chi connectivity index (χ1n) is 5.19. The smallest absolute Gasteiger partial charge is 0.0277 e. The van der Waals surface area contributed by atoms with Crippen LogP contribution in [0.5, 0.6) is 0 Å². The molecule has 0 aromatic carbocycles. The van der Waals surface area contributed by atoms with Gasteiger partial charge in [-0.05, 0) is 44.1 Å². The Bertz CT molecular complexity index is 292. The van der Waals surface area contributed by atoms with Crippen LogP contribution in [0.2, 0.25) is 0 Å². The molecule has 0 unspecified atom stereocenters. The van der Waals surface area contributed by atoms with Crippen molar-refractivity contribution < 1.29 is 0 Å². The first-order chi connectivity index (χ1) is 7.06. The van der Waals surface area contributed by atoms with Crippen LogP contribution < -0.4 is 0 Å². The highest BCUT2D eigenvalue weighted by atomic mass is 32.1. The molecule has 0 aliphatic heterocycles. The van der Waals surface area contributed by atoms with Crippen LogP contribution in [0.3, 0.4) is 0 Å². The maximum Gasteiger partial charge on any atom is 0.0277 e. The fourth-order valence-electron chi connectivity index (χ4n) is 1.27. The van der Waals surface area contributed by atoms with Crippen LogP contribution in [0.1, 0.15) is 33.6 Å². The Morgan fingerprint density at radius 1 is 1.07 bits per heavy atom. The monoisotopic (exact) mass is 223 g/mol. The number of hydrogen-bond donors (Lipinski definition) is 1. The van der Waals surface area contributed by atoms with E-state index in [1.807, 2.05) is 13.1 Å². The molecule has 0 saturated heterocycles. The van der Waals surface area contributed by atoms with Gasteiger partial charge in [-0.1, -0.05) is 23.8 Å². The van der Waals surface area contributed by atoms with E-state index in [1.165, 1.54) is 11.1 Å². The molecule has 0 aromatic rings. The normalized spacial score (nSPS) is 15.1. The van der Waals surface area contributed by atoms with Gasteiger partial charge in [-0.2, -0.15) is 0 Å². The van der Waals surface area contributed by atoms with Crippen molar-refractivity contribution >= 4 is 18.8 Å². The third kappa shape index (κ3) is 9.54. The third-order valence-electron chi connectivity index (χ3n) is 1.87. The van der Waals surface area contributed by atoms with E-state index < -0.39 is 0 Å². The number of aliphatic imine (C=N–C) groups is 1. The van der Waals surface area contributed by atoms with Gasteiger partial charge >= 0.3 is 0 Å². The van der Waals surface area contributed by atoms with Crippen molar-refractivity contribution in [2.45, 2.75) is 33.6 Å². The highest BCUT2D eigenvalue weighted by Gasteiger charge is 1.86. The van der Waals surface area contributed by atoms with Gasteiger partial charge in [0.15, 0.2) is 0 Å². The second kappa shape index (κ2) is 8.54. The van der Waals surface area contributed by atoms with E-state index in [4.69, 9.17) is 0 Å². The van der Waals surface area contributed by atoms with E-state index in [0.717, 1.165) is 17.7 Å². The zero-order valence-electron chi connectivity index (χ0n) is 10.1.